The molecule has 0 N–H and O–H groups in total. The average Bonchev–Trinajstić information content (AvgIpc) is 2.89. The number of fused-ring (bicyclic) bond motifs is 4. The molecule has 4 aromatic rings. The Balaban J connectivity index is 1.69. The van der Waals surface area contributed by atoms with E-state index in [0.717, 1.165) is 5.69 Å². The van der Waals surface area contributed by atoms with E-state index in [1.165, 1.54) is 38.6 Å². The summed E-state index contributed by atoms with van der Waals surface area (Å²) < 4.78 is 0. The Morgan fingerprint density at radius 2 is 1.40 bits per heavy atom. The number of nitrogens with zero attached hydrogens (tertiary/aromatic N) is 1. The maximum atomic E-state index is 4.70. The van der Waals surface area contributed by atoms with Crippen molar-refractivity contribution in [2.24, 2.45) is 0 Å². The van der Waals surface area contributed by atoms with Crippen molar-refractivity contribution in [3.63, 3.8) is 0 Å². The molecule has 1 aliphatic carbocycles. The SMILES string of the molecule is CC1(C)c2ccccc2-c2ccc(-c3cc4ccccc4cn3)cc21. The third kappa shape index (κ3) is 2.05. The van der Waals surface area contributed by atoms with Gasteiger partial charge in [0.1, 0.15) is 0 Å². The topological polar surface area (TPSA) is 12.9 Å². The van der Waals surface area contributed by atoms with Crippen molar-refractivity contribution in [1.82, 2.24) is 4.98 Å². The Kier molecular flexibility index (Phi) is 2.90. The predicted octanol–water partition coefficient (Wildman–Crippen LogP) is 6.21. The van der Waals surface area contributed by atoms with Crippen LogP contribution in [0.3, 0.4) is 0 Å². The predicted molar refractivity (Wildman–Crippen MR) is 105 cm³/mol. The van der Waals surface area contributed by atoms with Gasteiger partial charge in [0.25, 0.3) is 0 Å². The molecule has 1 heterocycles. The zero-order valence-electron chi connectivity index (χ0n) is 14.5. The van der Waals surface area contributed by atoms with Crippen molar-refractivity contribution in [2.75, 3.05) is 0 Å². The molecule has 0 radical (unpaired) electrons. The van der Waals surface area contributed by atoms with Crippen molar-refractivity contribution in [1.29, 1.82) is 0 Å². The molecule has 0 unspecified atom stereocenters. The molecule has 1 nitrogen and oxygen atoms in total. The van der Waals surface area contributed by atoms with Crippen LogP contribution in [0.25, 0.3) is 33.2 Å². The summed E-state index contributed by atoms with van der Waals surface area (Å²) in [6.07, 6.45) is 1.97. The lowest BCUT2D eigenvalue weighted by molar-refractivity contribution is 0.660. The molecule has 5 rings (SSSR count). The first-order valence-electron chi connectivity index (χ1n) is 8.74. The summed E-state index contributed by atoms with van der Waals surface area (Å²) in [5.41, 5.74) is 7.76. The molecule has 0 atom stereocenters. The maximum Gasteiger partial charge on any atom is 0.0708 e. The zero-order chi connectivity index (χ0) is 17.0. The molecule has 1 aliphatic rings. The number of aromatic nitrogens is 1. The van der Waals surface area contributed by atoms with Crippen LogP contribution in [0.1, 0.15) is 25.0 Å². The minimum Gasteiger partial charge on any atom is -0.256 e. The lowest BCUT2D eigenvalue weighted by atomic mass is 9.82. The van der Waals surface area contributed by atoms with Crippen LogP contribution in [0.4, 0.5) is 0 Å². The van der Waals surface area contributed by atoms with Gasteiger partial charge in [0.2, 0.25) is 0 Å². The van der Waals surface area contributed by atoms with E-state index in [0.29, 0.717) is 0 Å². The van der Waals surface area contributed by atoms with Gasteiger partial charge >= 0.3 is 0 Å². The zero-order valence-corrected chi connectivity index (χ0v) is 14.5. The Morgan fingerprint density at radius 3 is 2.28 bits per heavy atom. The fourth-order valence-corrected chi connectivity index (χ4v) is 4.11. The molecule has 0 saturated carbocycles. The fourth-order valence-electron chi connectivity index (χ4n) is 4.11. The summed E-state index contributed by atoms with van der Waals surface area (Å²) in [6, 6.07) is 26.1. The van der Waals surface area contributed by atoms with Crippen LogP contribution in [-0.4, -0.2) is 4.98 Å². The number of hydrogen-bond donors (Lipinski definition) is 0. The molecule has 1 aromatic heterocycles. The Morgan fingerprint density at radius 1 is 0.680 bits per heavy atom. The highest BCUT2D eigenvalue weighted by atomic mass is 14.7. The normalized spacial score (nSPS) is 14.3. The standard InChI is InChI=1S/C24H19N/c1-24(2)21-10-6-5-9-19(21)20-12-11-17(13-22(20)24)23-14-16-7-3-4-8-18(16)15-25-23/h3-15H,1-2H3. The quantitative estimate of drug-likeness (QED) is 0.406. The van der Waals surface area contributed by atoms with Crippen LogP contribution in [0.15, 0.2) is 79.0 Å². The van der Waals surface area contributed by atoms with Crippen LogP contribution in [0.5, 0.6) is 0 Å². The molecule has 25 heavy (non-hydrogen) atoms. The first kappa shape index (κ1) is 14.4. The third-order valence-corrected chi connectivity index (χ3v) is 5.51. The van der Waals surface area contributed by atoms with Crippen LogP contribution in [0, 0.1) is 0 Å². The lowest BCUT2D eigenvalue weighted by Crippen LogP contribution is -2.14. The molecule has 120 valence electrons. The largest absolute Gasteiger partial charge is 0.256 e. The number of benzene rings is 3. The minimum atomic E-state index is 0.0266. The second-order valence-electron chi connectivity index (χ2n) is 7.35. The average molecular weight is 321 g/mol. The smallest absolute Gasteiger partial charge is 0.0708 e. The highest BCUT2D eigenvalue weighted by Gasteiger charge is 2.35. The van der Waals surface area contributed by atoms with Gasteiger partial charge in [0, 0.05) is 22.6 Å². The van der Waals surface area contributed by atoms with Crippen LogP contribution < -0.4 is 0 Å². The van der Waals surface area contributed by atoms with Gasteiger partial charge in [0.15, 0.2) is 0 Å². The summed E-state index contributed by atoms with van der Waals surface area (Å²) in [4.78, 5) is 4.70. The lowest BCUT2D eigenvalue weighted by Gasteiger charge is -2.21. The van der Waals surface area contributed by atoms with Crippen molar-refractivity contribution < 1.29 is 0 Å². The minimum absolute atomic E-state index is 0.0266. The van der Waals surface area contributed by atoms with Gasteiger partial charge in [-0.1, -0.05) is 74.5 Å². The van der Waals surface area contributed by atoms with Crippen molar-refractivity contribution in [3.8, 4) is 22.4 Å². The molecule has 0 bridgehead atoms. The molecule has 0 fully saturated rings. The van der Waals surface area contributed by atoms with E-state index in [2.05, 4.69) is 86.6 Å². The van der Waals surface area contributed by atoms with Crippen molar-refractivity contribution in [3.05, 3.63) is 90.1 Å². The van der Waals surface area contributed by atoms with Gasteiger partial charge in [-0.2, -0.15) is 0 Å². The van der Waals surface area contributed by atoms with Gasteiger partial charge in [-0.05, 0) is 39.8 Å². The van der Waals surface area contributed by atoms with E-state index < -0.39 is 0 Å². The van der Waals surface area contributed by atoms with Crippen LogP contribution in [-0.2, 0) is 5.41 Å². The Hall–Kier alpha value is -2.93. The second kappa shape index (κ2) is 5.03. The highest BCUT2D eigenvalue weighted by Crippen LogP contribution is 2.49. The third-order valence-electron chi connectivity index (χ3n) is 5.51. The van der Waals surface area contributed by atoms with Gasteiger partial charge in [-0.3, -0.25) is 4.98 Å². The number of rotatable bonds is 1. The van der Waals surface area contributed by atoms with Crippen LogP contribution >= 0.6 is 0 Å². The van der Waals surface area contributed by atoms with Crippen molar-refractivity contribution in [2.45, 2.75) is 19.3 Å². The summed E-state index contributed by atoms with van der Waals surface area (Å²) in [5, 5.41) is 2.41. The monoisotopic (exact) mass is 321 g/mol. The van der Waals surface area contributed by atoms with Gasteiger partial charge in [-0.15, -0.1) is 0 Å². The molecular weight excluding hydrogens is 302 g/mol. The Bertz CT molecular complexity index is 1120. The van der Waals surface area contributed by atoms with Gasteiger partial charge in [0.05, 0.1) is 5.69 Å². The molecule has 0 saturated heterocycles. The molecular formula is C24H19N. The summed E-state index contributed by atoms with van der Waals surface area (Å²) >= 11 is 0. The summed E-state index contributed by atoms with van der Waals surface area (Å²) in [7, 11) is 0. The number of pyridine rings is 1. The van der Waals surface area contributed by atoms with E-state index in [-0.39, 0.29) is 5.41 Å². The molecule has 0 aliphatic heterocycles. The van der Waals surface area contributed by atoms with E-state index in [1.54, 1.807) is 0 Å². The summed E-state index contributed by atoms with van der Waals surface area (Å²) in [5.74, 6) is 0. The van der Waals surface area contributed by atoms with Crippen LogP contribution in [0.2, 0.25) is 0 Å². The second-order valence-corrected chi connectivity index (χ2v) is 7.35. The highest BCUT2D eigenvalue weighted by molar-refractivity contribution is 5.87. The Labute approximate surface area is 148 Å². The van der Waals surface area contributed by atoms with E-state index in [9.17, 15) is 0 Å². The van der Waals surface area contributed by atoms with E-state index >= 15 is 0 Å². The summed E-state index contributed by atoms with van der Waals surface area (Å²) in [6.45, 7) is 4.63. The molecule has 1 heteroatoms. The number of hydrogen-bond acceptors (Lipinski definition) is 1. The van der Waals surface area contributed by atoms with E-state index in [4.69, 9.17) is 4.98 Å². The van der Waals surface area contributed by atoms with E-state index in [1.807, 2.05) is 6.20 Å². The fraction of sp³-hybridized carbons (Fsp3) is 0.125. The van der Waals surface area contributed by atoms with Crippen molar-refractivity contribution >= 4 is 10.8 Å². The molecule has 0 spiro atoms. The van der Waals surface area contributed by atoms with Gasteiger partial charge in [-0.25, -0.2) is 0 Å². The molecule has 0 amide bonds. The first-order valence-corrected chi connectivity index (χ1v) is 8.74. The van der Waals surface area contributed by atoms with Gasteiger partial charge < -0.3 is 0 Å². The first-order chi connectivity index (χ1) is 12.1. The maximum absolute atomic E-state index is 4.70. The molecule has 3 aromatic carbocycles.